The van der Waals surface area contributed by atoms with Crippen molar-refractivity contribution in [2.75, 3.05) is 11.4 Å². The van der Waals surface area contributed by atoms with Crippen molar-refractivity contribution in [2.45, 2.75) is 46.1 Å². The van der Waals surface area contributed by atoms with Gasteiger partial charge in [0.15, 0.2) is 5.65 Å². The predicted octanol–water partition coefficient (Wildman–Crippen LogP) is 3.78. The molecule has 0 aliphatic carbocycles. The molecule has 6 nitrogen and oxygen atoms in total. The van der Waals surface area contributed by atoms with Crippen molar-refractivity contribution in [1.29, 1.82) is 0 Å². The number of pyridine rings is 1. The molecule has 1 aliphatic heterocycles. The van der Waals surface area contributed by atoms with E-state index in [0.717, 1.165) is 46.6 Å². The van der Waals surface area contributed by atoms with Gasteiger partial charge in [-0.15, -0.1) is 0 Å². The molecule has 1 saturated heterocycles. The van der Waals surface area contributed by atoms with Crippen LogP contribution in [0.4, 0.5) is 5.82 Å². The molecule has 0 saturated carbocycles. The maximum absolute atomic E-state index is 11.3. The van der Waals surface area contributed by atoms with Crippen LogP contribution in [0.25, 0.3) is 22.4 Å². The number of aromatic nitrogens is 4. The number of H-pyrrole nitrogens is 1. The van der Waals surface area contributed by atoms with Gasteiger partial charge in [-0.05, 0) is 43.9 Å². The lowest BCUT2D eigenvalue weighted by Crippen LogP contribution is -2.27. The van der Waals surface area contributed by atoms with Gasteiger partial charge in [0.1, 0.15) is 17.6 Å². The third-order valence-corrected chi connectivity index (χ3v) is 5.31. The second-order valence-corrected chi connectivity index (χ2v) is 8.14. The largest absolute Gasteiger partial charge is 0.354 e. The number of fused-ring (bicyclic) bond motifs is 1. The zero-order valence-electron chi connectivity index (χ0n) is 16.1. The van der Waals surface area contributed by atoms with Crippen LogP contribution in [0.1, 0.15) is 39.2 Å². The van der Waals surface area contributed by atoms with Crippen LogP contribution in [-0.2, 0) is 11.2 Å². The Kier molecular flexibility index (Phi) is 4.42. The Balaban J connectivity index is 1.71. The normalized spacial score (nSPS) is 17.6. The zero-order chi connectivity index (χ0) is 19.0. The smallest absolute Gasteiger partial charge is 0.156 e. The van der Waals surface area contributed by atoms with E-state index >= 15 is 0 Å². The average Bonchev–Trinajstić information content (AvgIpc) is 3.27. The Labute approximate surface area is 159 Å². The summed E-state index contributed by atoms with van der Waals surface area (Å²) in [6.45, 7) is 7.16. The van der Waals surface area contributed by atoms with Crippen molar-refractivity contribution in [1.82, 2.24) is 19.9 Å². The van der Waals surface area contributed by atoms with Gasteiger partial charge in [0.25, 0.3) is 0 Å². The SMILES string of the molecule is CC1CCCN1c1cc(-c2cnc3[nH]cc(CC(C)(C)C=O)c3n2)ccn1. The highest BCUT2D eigenvalue weighted by Crippen LogP contribution is 2.29. The number of anilines is 1. The average molecular weight is 363 g/mol. The molecule has 0 aromatic carbocycles. The van der Waals surface area contributed by atoms with Crippen molar-refractivity contribution < 1.29 is 4.79 Å². The maximum Gasteiger partial charge on any atom is 0.156 e. The maximum atomic E-state index is 11.3. The first-order valence-corrected chi connectivity index (χ1v) is 9.49. The molecule has 27 heavy (non-hydrogen) atoms. The molecule has 0 amide bonds. The summed E-state index contributed by atoms with van der Waals surface area (Å²) in [5.74, 6) is 0.996. The molecule has 4 heterocycles. The van der Waals surface area contributed by atoms with E-state index in [1.807, 2.05) is 32.3 Å². The molecule has 0 bridgehead atoms. The van der Waals surface area contributed by atoms with E-state index < -0.39 is 5.41 Å². The van der Waals surface area contributed by atoms with Crippen molar-refractivity contribution in [3.63, 3.8) is 0 Å². The van der Waals surface area contributed by atoms with Crippen LogP contribution in [0.15, 0.2) is 30.7 Å². The number of aromatic amines is 1. The lowest BCUT2D eigenvalue weighted by molar-refractivity contribution is -0.114. The van der Waals surface area contributed by atoms with Crippen LogP contribution in [-0.4, -0.2) is 38.8 Å². The quantitative estimate of drug-likeness (QED) is 0.698. The number of carbonyl (C=O) groups is 1. The topological polar surface area (TPSA) is 74.8 Å². The molecule has 0 spiro atoms. The molecule has 1 atom stereocenters. The number of nitrogens with one attached hydrogen (secondary N) is 1. The summed E-state index contributed by atoms with van der Waals surface area (Å²) in [5.41, 5.74) is 3.99. The highest BCUT2D eigenvalue weighted by molar-refractivity contribution is 5.79. The molecule has 1 unspecified atom stereocenters. The second kappa shape index (κ2) is 6.76. The fourth-order valence-corrected chi connectivity index (χ4v) is 3.76. The molecule has 6 heteroatoms. The van der Waals surface area contributed by atoms with E-state index in [4.69, 9.17) is 4.98 Å². The number of hydrogen-bond donors (Lipinski definition) is 1. The summed E-state index contributed by atoms with van der Waals surface area (Å²) in [7, 11) is 0. The molecule has 3 aromatic rings. The van der Waals surface area contributed by atoms with Gasteiger partial charge < -0.3 is 14.7 Å². The Morgan fingerprint density at radius 3 is 2.96 bits per heavy atom. The van der Waals surface area contributed by atoms with E-state index in [2.05, 4.69) is 32.8 Å². The number of carbonyl (C=O) groups excluding carboxylic acids is 1. The number of aldehydes is 1. The second-order valence-electron chi connectivity index (χ2n) is 8.14. The van der Waals surface area contributed by atoms with Gasteiger partial charge in [-0.1, -0.05) is 13.8 Å². The number of hydrogen-bond acceptors (Lipinski definition) is 5. The van der Waals surface area contributed by atoms with Crippen LogP contribution >= 0.6 is 0 Å². The molecule has 140 valence electrons. The van der Waals surface area contributed by atoms with E-state index in [-0.39, 0.29) is 0 Å². The summed E-state index contributed by atoms with van der Waals surface area (Å²) in [5, 5.41) is 0. The third-order valence-electron chi connectivity index (χ3n) is 5.31. The van der Waals surface area contributed by atoms with E-state index in [9.17, 15) is 4.79 Å². The predicted molar refractivity (Wildman–Crippen MR) is 107 cm³/mol. The fourth-order valence-electron chi connectivity index (χ4n) is 3.76. The minimum Gasteiger partial charge on any atom is -0.354 e. The van der Waals surface area contributed by atoms with Crippen molar-refractivity contribution in [3.8, 4) is 11.3 Å². The molecule has 0 radical (unpaired) electrons. The molecule has 1 N–H and O–H groups in total. The van der Waals surface area contributed by atoms with E-state index in [1.165, 1.54) is 12.8 Å². The summed E-state index contributed by atoms with van der Waals surface area (Å²) in [6.07, 6.45) is 9.57. The third kappa shape index (κ3) is 3.44. The van der Waals surface area contributed by atoms with E-state index in [1.54, 1.807) is 6.20 Å². The van der Waals surface area contributed by atoms with Gasteiger partial charge in [-0.2, -0.15) is 0 Å². The zero-order valence-corrected chi connectivity index (χ0v) is 16.1. The monoisotopic (exact) mass is 363 g/mol. The minimum atomic E-state index is -0.428. The Morgan fingerprint density at radius 2 is 2.22 bits per heavy atom. The van der Waals surface area contributed by atoms with Gasteiger partial charge in [0.05, 0.1) is 11.9 Å². The van der Waals surface area contributed by atoms with E-state index in [0.29, 0.717) is 12.5 Å². The molecular formula is C21H25N5O. The fraction of sp³-hybridized carbons (Fsp3) is 0.429. The Hall–Kier alpha value is -2.76. The van der Waals surface area contributed by atoms with Gasteiger partial charge >= 0.3 is 0 Å². The van der Waals surface area contributed by atoms with Crippen LogP contribution in [0.5, 0.6) is 0 Å². The first kappa shape index (κ1) is 17.6. The molecule has 1 fully saturated rings. The van der Waals surface area contributed by atoms with Gasteiger partial charge in [-0.25, -0.2) is 15.0 Å². The van der Waals surface area contributed by atoms with Crippen LogP contribution in [0, 0.1) is 5.41 Å². The Morgan fingerprint density at radius 1 is 1.37 bits per heavy atom. The van der Waals surface area contributed by atoms with Crippen LogP contribution in [0.2, 0.25) is 0 Å². The minimum absolute atomic E-state index is 0.428. The molecule has 3 aromatic heterocycles. The highest BCUT2D eigenvalue weighted by atomic mass is 16.1. The van der Waals surface area contributed by atoms with Gasteiger partial charge in [0, 0.05) is 36.0 Å². The summed E-state index contributed by atoms with van der Waals surface area (Å²) < 4.78 is 0. The first-order chi connectivity index (χ1) is 13.0. The van der Waals surface area contributed by atoms with Crippen molar-refractivity contribution in [2.24, 2.45) is 5.41 Å². The number of rotatable bonds is 5. The van der Waals surface area contributed by atoms with Crippen LogP contribution < -0.4 is 4.90 Å². The van der Waals surface area contributed by atoms with Gasteiger partial charge in [-0.3, -0.25) is 0 Å². The standard InChI is InChI=1S/C21H25N5O/c1-14-5-4-8-26(14)18-9-15(6-7-22-18)17-12-24-20-19(25-17)16(11-23-20)10-21(2,3)13-27/h6-7,9,11-14H,4-5,8,10H2,1-3H3,(H,23,24). The van der Waals surface area contributed by atoms with Gasteiger partial charge in [0.2, 0.25) is 0 Å². The summed E-state index contributed by atoms with van der Waals surface area (Å²) in [4.78, 5) is 30.8. The highest BCUT2D eigenvalue weighted by Gasteiger charge is 2.23. The molecule has 4 rings (SSSR count). The molecular weight excluding hydrogens is 338 g/mol. The van der Waals surface area contributed by atoms with Crippen molar-refractivity contribution >= 4 is 23.3 Å². The van der Waals surface area contributed by atoms with Crippen LogP contribution in [0.3, 0.4) is 0 Å². The number of nitrogens with zero attached hydrogens (tertiary/aromatic N) is 4. The first-order valence-electron chi connectivity index (χ1n) is 9.49. The summed E-state index contributed by atoms with van der Waals surface area (Å²) in [6, 6.07) is 4.59. The molecule has 1 aliphatic rings. The Bertz CT molecular complexity index is 978. The summed E-state index contributed by atoms with van der Waals surface area (Å²) >= 11 is 0. The lowest BCUT2D eigenvalue weighted by atomic mass is 9.88. The van der Waals surface area contributed by atoms with Crippen molar-refractivity contribution in [3.05, 3.63) is 36.3 Å². The lowest BCUT2D eigenvalue weighted by Gasteiger charge is -2.22.